The van der Waals surface area contributed by atoms with E-state index in [4.69, 9.17) is 14.2 Å². The number of para-hydroxylation sites is 1. The Morgan fingerprint density at radius 2 is 1.97 bits per heavy atom. The fourth-order valence-electron chi connectivity index (χ4n) is 3.59. The zero-order chi connectivity index (χ0) is 22.2. The lowest BCUT2D eigenvalue weighted by Crippen LogP contribution is -2.31. The van der Waals surface area contributed by atoms with Gasteiger partial charge in [0, 0.05) is 38.5 Å². The predicted octanol–water partition coefficient (Wildman–Crippen LogP) is 2.88. The normalized spacial score (nSPS) is 15.5. The highest BCUT2D eigenvalue weighted by Gasteiger charge is 2.27. The number of nitro groups is 1. The van der Waals surface area contributed by atoms with Crippen LogP contribution in [0.15, 0.2) is 42.5 Å². The summed E-state index contributed by atoms with van der Waals surface area (Å²) in [6, 6.07) is 12.7. The molecule has 1 atom stereocenters. The first kappa shape index (κ1) is 22.4. The molecular weight excluding hydrogens is 402 g/mol. The molecule has 31 heavy (non-hydrogen) atoms. The number of methoxy groups -OCH3 is 2. The summed E-state index contributed by atoms with van der Waals surface area (Å²) < 4.78 is 15.7. The molecule has 1 aliphatic heterocycles. The molecule has 1 N–H and O–H groups in total. The molecule has 1 amide bonds. The summed E-state index contributed by atoms with van der Waals surface area (Å²) in [4.78, 5) is 26.0. The van der Waals surface area contributed by atoms with E-state index in [0.29, 0.717) is 13.2 Å². The van der Waals surface area contributed by atoms with Gasteiger partial charge in [0.15, 0.2) is 11.5 Å². The molecule has 0 aromatic heterocycles. The number of amides is 1. The van der Waals surface area contributed by atoms with Crippen LogP contribution < -0.4 is 19.7 Å². The molecule has 1 aliphatic rings. The summed E-state index contributed by atoms with van der Waals surface area (Å²) >= 11 is 0. The standard InChI is InChI=1S/C22H27N3O6/c1-29-10-11-31-21-13-19(25(27)28)18(12-20(21)30-2)22(26)23-14-16-8-9-24(15-16)17-6-4-3-5-7-17/h3-7,12-13,16H,8-11,14-15H2,1-2H3,(H,23,26). The Labute approximate surface area is 181 Å². The predicted molar refractivity (Wildman–Crippen MR) is 116 cm³/mol. The van der Waals surface area contributed by atoms with Gasteiger partial charge in [-0.1, -0.05) is 18.2 Å². The fraction of sp³-hybridized carbons (Fsp3) is 0.409. The quantitative estimate of drug-likeness (QED) is 0.352. The van der Waals surface area contributed by atoms with Crippen LogP contribution in [0.5, 0.6) is 11.5 Å². The number of carbonyl (C=O) groups is 1. The van der Waals surface area contributed by atoms with Crippen LogP contribution in [0.2, 0.25) is 0 Å². The molecular formula is C22H27N3O6. The molecule has 0 radical (unpaired) electrons. The molecule has 0 aliphatic carbocycles. The molecule has 9 nitrogen and oxygen atoms in total. The molecule has 1 unspecified atom stereocenters. The van der Waals surface area contributed by atoms with Gasteiger partial charge in [-0.3, -0.25) is 14.9 Å². The number of hydrogen-bond donors (Lipinski definition) is 1. The molecule has 9 heteroatoms. The van der Waals surface area contributed by atoms with Crippen molar-refractivity contribution in [2.24, 2.45) is 5.92 Å². The van der Waals surface area contributed by atoms with E-state index in [1.165, 1.54) is 26.4 Å². The van der Waals surface area contributed by atoms with E-state index in [1.54, 1.807) is 0 Å². The van der Waals surface area contributed by atoms with Crippen molar-refractivity contribution in [2.75, 3.05) is 52.0 Å². The van der Waals surface area contributed by atoms with Gasteiger partial charge >= 0.3 is 0 Å². The maximum atomic E-state index is 12.8. The van der Waals surface area contributed by atoms with Crippen molar-refractivity contribution in [1.29, 1.82) is 0 Å². The average molecular weight is 429 g/mol. The molecule has 0 saturated carbocycles. The Kier molecular flexibility index (Phi) is 7.66. The number of ether oxygens (including phenoxy) is 3. The van der Waals surface area contributed by atoms with Crippen LogP contribution in [0.4, 0.5) is 11.4 Å². The first-order valence-corrected chi connectivity index (χ1v) is 10.1. The van der Waals surface area contributed by atoms with E-state index in [2.05, 4.69) is 22.3 Å². The van der Waals surface area contributed by atoms with Gasteiger partial charge in [0.05, 0.1) is 24.7 Å². The van der Waals surface area contributed by atoms with E-state index < -0.39 is 10.8 Å². The molecule has 0 bridgehead atoms. The van der Waals surface area contributed by atoms with Gasteiger partial charge in [0.1, 0.15) is 12.2 Å². The van der Waals surface area contributed by atoms with E-state index in [9.17, 15) is 14.9 Å². The number of rotatable bonds is 10. The molecule has 166 valence electrons. The van der Waals surface area contributed by atoms with Crippen molar-refractivity contribution < 1.29 is 23.9 Å². The molecule has 1 fully saturated rings. The molecule has 2 aromatic carbocycles. The summed E-state index contributed by atoms with van der Waals surface area (Å²) in [6.45, 7) is 2.69. The summed E-state index contributed by atoms with van der Waals surface area (Å²) in [7, 11) is 2.95. The largest absolute Gasteiger partial charge is 0.493 e. The van der Waals surface area contributed by atoms with Gasteiger partial charge in [-0.05, 0) is 24.5 Å². The van der Waals surface area contributed by atoms with Crippen molar-refractivity contribution in [3.63, 3.8) is 0 Å². The van der Waals surface area contributed by atoms with Crippen LogP contribution >= 0.6 is 0 Å². The lowest BCUT2D eigenvalue weighted by molar-refractivity contribution is -0.385. The van der Waals surface area contributed by atoms with Crippen molar-refractivity contribution in [3.8, 4) is 11.5 Å². The highest BCUT2D eigenvalue weighted by atomic mass is 16.6. The van der Waals surface area contributed by atoms with Crippen LogP contribution in [0.25, 0.3) is 0 Å². The van der Waals surface area contributed by atoms with Crippen molar-refractivity contribution in [3.05, 3.63) is 58.1 Å². The molecule has 1 heterocycles. The Hall–Kier alpha value is -3.33. The van der Waals surface area contributed by atoms with Gasteiger partial charge < -0.3 is 24.4 Å². The van der Waals surface area contributed by atoms with Gasteiger partial charge in [-0.25, -0.2) is 0 Å². The maximum absolute atomic E-state index is 12.8. The second kappa shape index (κ2) is 10.6. The SMILES string of the molecule is COCCOc1cc([N+](=O)[O-])c(C(=O)NCC2CCN(c3ccccc3)C2)cc1OC. The van der Waals surface area contributed by atoms with Gasteiger partial charge in [-0.15, -0.1) is 0 Å². The first-order valence-electron chi connectivity index (χ1n) is 10.1. The van der Waals surface area contributed by atoms with Crippen molar-refractivity contribution >= 4 is 17.3 Å². The van der Waals surface area contributed by atoms with Gasteiger partial charge in [0.2, 0.25) is 0 Å². The number of nitrogens with one attached hydrogen (secondary N) is 1. The number of hydrogen-bond acceptors (Lipinski definition) is 7. The molecule has 2 aromatic rings. The van der Waals surface area contributed by atoms with Crippen molar-refractivity contribution in [2.45, 2.75) is 6.42 Å². The topological polar surface area (TPSA) is 103 Å². The third kappa shape index (κ3) is 5.64. The third-order valence-corrected chi connectivity index (χ3v) is 5.23. The smallest absolute Gasteiger partial charge is 0.286 e. The third-order valence-electron chi connectivity index (χ3n) is 5.23. The Morgan fingerprint density at radius 1 is 1.19 bits per heavy atom. The maximum Gasteiger partial charge on any atom is 0.286 e. The highest BCUT2D eigenvalue weighted by Crippen LogP contribution is 2.35. The number of benzene rings is 2. The van der Waals surface area contributed by atoms with E-state index in [-0.39, 0.29) is 35.3 Å². The van der Waals surface area contributed by atoms with Crippen LogP contribution in [0, 0.1) is 16.0 Å². The van der Waals surface area contributed by atoms with Gasteiger partial charge in [-0.2, -0.15) is 0 Å². The zero-order valence-electron chi connectivity index (χ0n) is 17.7. The van der Waals surface area contributed by atoms with Crippen LogP contribution in [-0.2, 0) is 4.74 Å². The Bertz CT molecular complexity index is 906. The lowest BCUT2D eigenvalue weighted by Gasteiger charge is -2.18. The van der Waals surface area contributed by atoms with Gasteiger partial charge in [0.25, 0.3) is 11.6 Å². The lowest BCUT2D eigenvalue weighted by atomic mass is 10.1. The zero-order valence-corrected chi connectivity index (χ0v) is 17.7. The Morgan fingerprint density at radius 3 is 2.65 bits per heavy atom. The minimum atomic E-state index is -0.593. The summed E-state index contributed by atoms with van der Waals surface area (Å²) in [5.74, 6) is 0.202. The summed E-state index contributed by atoms with van der Waals surface area (Å²) in [6.07, 6.45) is 0.937. The molecule has 0 spiro atoms. The minimum absolute atomic E-state index is 0.0566. The first-order chi connectivity index (χ1) is 15.0. The minimum Gasteiger partial charge on any atom is -0.493 e. The number of nitrogens with zero attached hydrogens (tertiary/aromatic N) is 2. The molecule has 1 saturated heterocycles. The monoisotopic (exact) mass is 429 g/mol. The van der Waals surface area contributed by atoms with Crippen LogP contribution in [0.3, 0.4) is 0 Å². The van der Waals surface area contributed by atoms with Crippen LogP contribution in [0.1, 0.15) is 16.8 Å². The second-order valence-electron chi connectivity index (χ2n) is 7.26. The average Bonchev–Trinajstić information content (AvgIpc) is 3.27. The Balaban J connectivity index is 1.67. The summed E-state index contributed by atoms with van der Waals surface area (Å²) in [5.41, 5.74) is 0.766. The molecule has 3 rings (SSSR count). The summed E-state index contributed by atoms with van der Waals surface area (Å²) in [5, 5.41) is 14.4. The van der Waals surface area contributed by atoms with E-state index >= 15 is 0 Å². The number of nitro benzene ring substituents is 1. The van der Waals surface area contributed by atoms with Crippen molar-refractivity contribution in [1.82, 2.24) is 5.32 Å². The fourth-order valence-corrected chi connectivity index (χ4v) is 3.59. The number of anilines is 1. The second-order valence-corrected chi connectivity index (χ2v) is 7.26. The van der Waals surface area contributed by atoms with Crippen LogP contribution in [-0.4, -0.2) is 57.9 Å². The van der Waals surface area contributed by atoms with E-state index in [0.717, 1.165) is 25.2 Å². The van der Waals surface area contributed by atoms with E-state index in [1.807, 2.05) is 18.2 Å². The number of carbonyl (C=O) groups excluding carboxylic acids is 1. The highest BCUT2D eigenvalue weighted by molar-refractivity contribution is 5.99.